The molecule has 2 aromatic rings. The summed E-state index contributed by atoms with van der Waals surface area (Å²) in [5, 5.41) is 3.01. The van der Waals surface area contributed by atoms with E-state index in [1.807, 2.05) is 41.3 Å². The van der Waals surface area contributed by atoms with E-state index < -0.39 is 0 Å². The molecule has 0 radical (unpaired) electrons. The first kappa shape index (κ1) is 16.8. The van der Waals surface area contributed by atoms with Gasteiger partial charge in [-0.05, 0) is 37.6 Å². The first-order chi connectivity index (χ1) is 12.1. The van der Waals surface area contributed by atoms with Gasteiger partial charge in [0.15, 0.2) is 0 Å². The summed E-state index contributed by atoms with van der Waals surface area (Å²) < 4.78 is 8.03. The third-order valence-corrected chi connectivity index (χ3v) is 6.22. The molecule has 3 atom stereocenters. The quantitative estimate of drug-likeness (QED) is 0.892. The highest BCUT2D eigenvalue weighted by Crippen LogP contribution is 2.34. The lowest BCUT2D eigenvalue weighted by atomic mass is 10.0. The molecule has 0 unspecified atom stereocenters. The number of aromatic nitrogens is 1. The molecule has 0 spiro atoms. The zero-order valence-corrected chi connectivity index (χ0v) is 15.6. The van der Waals surface area contributed by atoms with Gasteiger partial charge in [0.2, 0.25) is 0 Å². The topological polar surface area (TPSA) is 46.5 Å². The molecule has 5 nitrogen and oxygen atoms in total. The number of rotatable bonds is 5. The third kappa shape index (κ3) is 3.66. The van der Waals surface area contributed by atoms with Crippen LogP contribution in [-0.2, 0) is 18.3 Å². The maximum absolute atomic E-state index is 12.2. The van der Waals surface area contributed by atoms with E-state index in [0.29, 0.717) is 24.3 Å². The van der Waals surface area contributed by atoms with Crippen LogP contribution in [0, 0.1) is 12.8 Å². The first-order valence-electron chi connectivity index (χ1n) is 8.91. The van der Waals surface area contributed by atoms with Gasteiger partial charge < -0.3 is 14.6 Å². The number of thiophene rings is 1. The monoisotopic (exact) mass is 359 g/mol. The van der Waals surface area contributed by atoms with Gasteiger partial charge in [-0.25, -0.2) is 0 Å². The fourth-order valence-corrected chi connectivity index (χ4v) is 4.93. The predicted octanol–water partition coefficient (Wildman–Crippen LogP) is 2.41. The summed E-state index contributed by atoms with van der Waals surface area (Å²) in [5.41, 5.74) is 0.690. The Hall–Kier alpha value is -1.63. The van der Waals surface area contributed by atoms with E-state index >= 15 is 0 Å². The Bertz CT molecular complexity index is 739. The Kier molecular flexibility index (Phi) is 4.67. The summed E-state index contributed by atoms with van der Waals surface area (Å²) in [4.78, 5) is 17.5. The van der Waals surface area contributed by atoms with E-state index in [0.717, 1.165) is 26.1 Å². The molecule has 1 amide bonds. The van der Waals surface area contributed by atoms with Crippen LogP contribution in [0.15, 0.2) is 30.5 Å². The van der Waals surface area contributed by atoms with Crippen LogP contribution in [0.5, 0.6) is 0 Å². The molecular weight excluding hydrogens is 334 g/mol. The largest absolute Gasteiger partial charge is 0.371 e. The molecule has 2 aliphatic heterocycles. The lowest BCUT2D eigenvalue weighted by molar-refractivity contribution is 0.0372. The molecule has 2 fully saturated rings. The Labute approximate surface area is 152 Å². The van der Waals surface area contributed by atoms with Crippen molar-refractivity contribution < 1.29 is 9.53 Å². The number of ether oxygens (including phenoxy) is 1. The van der Waals surface area contributed by atoms with Crippen molar-refractivity contribution in [3.8, 4) is 0 Å². The normalized spacial score (nSPS) is 26.1. The van der Waals surface area contributed by atoms with Gasteiger partial charge in [-0.15, -0.1) is 11.3 Å². The van der Waals surface area contributed by atoms with Crippen LogP contribution in [0.25, 0.3) is 0 Å². The molecule has 4 heterocycles. The average Bonchev–Trinajstić information content (AvgIpc) is 3.30. The Morgan fingerprint density at radius 2 is 2.24 bits per heavy atom. The van der Waals surface area contributed by atoms with Crippen LogP contribution in [-0.4, -0.2) is 47.2 Å². The lowest BCUT2D eigenvalue weighted by Crippen LogP contribution is -2.34. The molecule has 0 aromatic carbocycles. The van der Waals surface area contributed by atoms with E-state index in [1.54, 1.807) is 0 Å². The van der Waals surface area contributed by atoms with E-state index in [2.05, 4.69) is 29.3 Å². The summed E-state index contributed by atoms with van der Waals surface area (Å²) in [6, 6.07) is 8.15. The van der Waals surface area contributed by atoms with Crippen molar-refractivity contribution in [2.24, 2.45) is 13.0 Å². The maximum Gasteiger partial charge on any atom is 0.267 e. The van der Waals surface area contributed by atoms with Crippen LogP contribution in [0.1, 0.15) is 26.7 Å². The van der Waals surface area contributed by atoms with Gasteiger partial charge in [-0.2, -0.15) is 0 Å². The van der Waals surface area contributed by atoms with E-state index in [-0.39, 0.29) is 12.0 Å². The number of hydrogen-bond acceptors (Lipinski definition) is 4. The number of carbonyl (C=O) groups excluding carboxylic acids is 1. The molecule has 0 saturated carbocycles. The van der Waals surface area contributed by atoms with Crippen LogP contribution >= 0.6 is 11.3 Å². The number of amides is 1. The molecule has 4 rings (SSSR count). The van der Waals surface area contributed by atoms with Crippen LogP contribution in [0.2, 0.25) is 0 Å². The molecule has 0 aliphatic carbocycles. The van der Waals surface area contributed by atoms with Crippen molar-refractivity contribution in [3.63, 3.8) is 0 Å². The Morgan fingerprint density at radius 1 is 1.36 bits per heavy atom. The number of nitrogens with zero attached hydrogens (tertiary/aromatic N) is 2. The van der Waals surface area contributed by atoms with Gasteiger partial charge in [0.25, 0.3) is 5.91 Å². The van der Waals surface area contributed by atoms with Crippen molar-refractivity contribution in [3.05, 3.63) is 45.9 Å². The standard InChI is InChI=1S/C19H25N3O2S/c1-13-5-6-16(25-13)11-22-10-14-8-15(24-18(14)12-22)9-20-19(23)17-4-3-7-21(17)2/h3-7,14-15,18H,8-12H2,1-2H3,(H,20,23)/t14-,15-,18+/m1/s1. The highest BCUT2D eigenvalue weighted by molar-refractivity contribution is 7.11. The molecule has 2 saturated heterocycles. The zero-order chi connectivity index (χ0) is 17.4. The number of fused-ring (bicyclic) bond motifs is 1. The Morgan fingerprint density at radius 3 is 2.92 bits per heavy atom. The first-order valence-corrected chi connectivity index (χ1v) is 9.73. The molecular formula is C19H25N3O2S. The van der Waals surface area contributed by atoms with Gasteiger partial charge in [0, 0.05) is 55.1 Å². The highest BCUT2D eigenvalue weighted by Gasteiger charge is 2.41. The van der Waals surface area contributed by atoms with Crippen LogP contribution < -0.4 is 5.32 Å². The summed E-state index contributed by atoms with van der Waals surface area (Å²) in [6.07, 6.45) is 3.39. The minimum atomic E-state index is -0.0251. The van der Waals surface area contributed by atoms with Crippen molar-refractivity contribution in [2.75, 3.05) is 19.6 Å². The van der Waals surface area contributed by atoms with Crippen molar-refractivity contribution in [1.82, 2.24) is 14.8 Å². The van der Waals surface area contributed by atoms with E-state index in [9.17, 15) is 4.79 Å². The molecule has 1 N–H and O–H groups in total. The average molecular weight is 359 g/mol. The third-order valence-electron chi connectivity index (χ3n) is 5.23. The molecule has 2 aliphatic rings. The van der Waals surface area contributed by atoms with Crippen LogP contribution in [0.3, 0.4) is 0 Å². The van der Waals surface area contributed by atoms with Crippen molar-refractivity contribution >= 4 is 17.2 Å². The smallest absolute Gasteiger partial charge is 0.267 e. The minimum Gasteiger partial charge on any atom is -0.371 e. The lowest BCUT2D eigenvalue weighted by Gasteiger charge is -2.18. The number of likely N-dealkylation sites (tertiary alicyclic amines) is 1. The van der Waals surface area contributed by atoms with Gasteiger partial charge in [0.05, 0.1) is 12.2 Å². The highest BCUT2D eigenvalue weighted by atomic mass is 32.1. The van der Waals surface area contributed by atoms with Gasteiger partial charge in [-0.1, -0.05) is 0 Å². The van der Waals surface area contributed by atoms with Gasteiger partial charge in [-0.3, -0.25) is 9.69 Å². The maximum atomic E-state index is 12.2. The van der Waals surface area contributed by atoms with Crippen molar-refractivity contribution in [2.45, 2.75) is 32.1 Å². The fraction of sp³-hybridized carbons (Fsp3) is 0.526. The number of carbonyl (C=O) groups is 1. The van der Waals surface area contributed by atoms with Gasteiger partial charge >= 0.3 is 0 Å². The minimum absolute atomic E-state index is 0.0251. The summed E-state index contributed by atoms with van der Waals surface area (Å²) in [6.45, 7) is 5.89. The second kappa shape index (κ2) is 6.94. The molecule has 6 heteroatoms. The van der Waals surface area contributed by atoms with Crippen molar-refractivity contribution in [1.29, 1.82) is 0 Å². The van der Waals surface area contributed by atoms with Crippen LogP contribution in [0.4, 0.5) is 0 Å². The number of hydrogen-bond donors (Lipinski definition) is 1. The molecule has 2 aromatic heterocycles. The molecule has 25 heavy (non-hydrogen) atoms. The fourth-order valence-electron chi connectivity index (χ4n) is 3.99. The zero-order valence-electron chi connectivity index (χ0n) is 14.8. The molecule has 134 valence electrons. The second-order valence-electron chi connectivity index (χ2n) is 7.21. The number of aryl methyl sites for hydroxylation is 2. The Balaban J connectivity index is 1.24. The van der Waals surface area contributed by atoms with E-state index in [4.69, 9.17) is 4.74 Å². The summed E-state index contributed by atoms with van der Waals surface area (Å²) in [7, 11) is 1.88. The SMILES string of the molecule is Cc1ccc(CN2C[C@H]3C[C@H](CNC(=O)c4cccn4C)O[C@H]3C2)s1. The summed E-state index contributed by atoms with van der Waals surface area (Å²) in [5.74, 6) is 0.570. The molecule has 0 bridgehead atoms. The van der Waals surface area contributed by atoms with E-state index in [1.165, 1.54) is 9.75 Å². The second-order valence-corrected chi connectivity index (χ2v) is 8.59. The summed E-state index contributed by atoms with van der Waals surface area (Å²) >= 11 is 1.88. The predicted molar refractivity (Wildman–Crippen MR) is 98.8 cm³/mol. The number of nitrogens with one attached hydrogen (secondary N) is 1. The van der Waals surface area contributed by atoms with Gasteiger partial charge in [0.1, 0.15) is 5.69 Å².